The number of Topliss-reactive ketones (excluding diaryl/α,β-unsaturated/α-hetero) is 1. The summed E-state index contributed by atoms with van der Waals surface area (Å²) in [5.74, 6) is -0.948. The van der Waals surface area contributed by atoms with E-state index in [9.17, 15) is 17.6 Å². The van der Waals surface area contributed by atoms with Gasteiger partial charge in [0, 0.05) is 17.7 Å². The predicted molar refractivity (Wildman–Crippen MR) is 72.4 cm³/mol. The fraction of sp³-hybridized carbons (Fsp3) is 0.417. The number of benzene rings is 1. The Kier molecular flexibility index (Phi) is 5.46. The minimum Gasteiger partial charge on any atom is -0.321 e. The number of hydrogen-bond donors (Lipinski definition) is 1. The van der Waals surface area contributed by atoms with Crippen molar-refractivity contribution in [3.05, 3.63) is 34.6 Å². The van der Waals surface area contributed by atoms with Crippen molar-refractivity contribution < 1.29 is 17.6 Å². The molecule has 0 heterocycles. The van der Waals surface area contributed by atoms with Crippen LogP contribution in [0.1, 0.15) is 12.0 Å². The van der Waals surface area contributed by atoms with Gasteiger partial charge in [-0.25, -0.2) is 12.8 Å². The van der Waals surface area contributed by atoms with Gasteiger partial charge in [0.25, 0.3) is 0 Å². The highest BCUT2D eigenvalue weighted by Crippen LogP contribution is 2.18. The Balaban J connectivity index is 2.64. The number of halogens is 2. The van der Waals surface area contributed by atoms with E-state index in [-0.39, 0.29) is 29.4 Å². The van der Waals surface area contributed by atoms with Gasteiger partial charge in [0.1, 0.15) is 15.7 Å². The number of carbonyl (C=O) groups excluding carboxylic acids is 1. The molecule has 0 amide bonds. The van der Waals surface area contributed by atoms with Crippen LogP contribution in [-0.2, 0) is 21.1 Å². The summed E-state index contributed by atoms with van der Waals surface area (Å²) in [5.41, 5.74) is 6.10. The van der Waals surface area contributed by atoms with E-state index in [0.717, 1.165) is 12.3 Å². The zero-order chi connectivity index (χ0) is 14.6. The summed E-state index contributed by atoms with van der Waals surface area (Å²) >= 11 is 5.80. The van der Waals surface area contributed by atoms with Crippen molar-refractivity contribution in [3.8, 4) is 0 Å². The highest BCUT2D eigenvalue weighted by molar-refractivity contribution is 7.90. The van der Waals surface area contributed by atoms with Gasteiger partial charge in [-0.15, -0.1) is 0 Å². The number of sulfone groups is 1. The highest BCUT2D eigenvalue weighted by Gasteiger charge is 2.17. The molecule has 0 saturated heterocycles. The Morgan fingerprint density at radius 1 is 1.47 bits per heavy atom. The minimum absolute atomic E-state index is 0.0377. The number of hydrogen-bond acceptors (Lipinski definition) is 4. The Hall–Kier alpha value is -0.980. The van der Waals surface area contributed by atoms with E-state index in [1.165, 1.54) is 12.1 Å². The van der Waals surface area contributed by atoms with E-state index in [4.69, 9.17) is 17.3 Å². The highest BCUT2D eigenvalue weighted by atomic mass is 35.5. The van der Waals surface area contributed by atoms with Crippen molar-refractivity contribution in [2.45, 2.75) is 18.9 Å². The van der Waals surface area contributed by atoms with Gasteiger partial charge in [-0.2, -0.15) is 0 Å². The van der Waals surface area contributed by atoms with Gasteiger partial charge in [-0.1, -0.05) is 17.7 Å². The van der Waals surface area contributed by atoms with Crippen LogP contribution in [0.4, 0.5) is 4.39 Å². The Labute approximate surface area is 116 Å². The molecule has 0 bridgehead atoms. The molecule has 19 heavy (non-hydrogen) atoms. The van der Waals surface area contributed by atoms with E-state index in [0.29, 0.717) is 5.56 Å². The fourth-order valence-electron chi connectivity index (χ4n) is 1.49. The third-order valence-electron chi connectivity index (χ3n) is 2.59. The van der Waals surface area contributed by atoms with Gasteiger partial charge in [-0.3, -0.25) is 4.79 Å². The van der Waals surface area contributed by atoms with Gasteiger partial charge >= 0.3 is 0 Å². The molecule has 7 heteroatoms. The van der Waals surface area contributed by atoms with Crippen LogP contribution in [0.3, 0.4) is 0 Å². The van der Waals surface area contributed by atoms with Crippen molar-refractivity contribution >= 4 is 27.2 Å². The summed E-state index contributed by atoms with van der Waals surface area (Å²) in [4.78, 5) is 11.8. The first-order chi connectivity index (χ1) is 8.69. The molecule has 1 unspecified atom stereocenters. The molecule has 4 nitrogen and oxygen atoms in total. The van der Waals surface area contributed by atoms with Gasteiger partial charge in [0.15, 0.2) is 5.78 Å². The second-order valence-corrected chi connectivity index (χ2v) is 7.07. The second-order valence-electron chi connectivity index (χ2n) is 4.40. The van der Waals surface area contributed by atoms with Crippen LogP contribution in [-0.4, -0.2) is 32.3 Å². The van der Waals surface area contributed by atoms with Crippen LogP contribution < -0.4 is 5.73 Å². The maximum absolute atomic E-state index is 12.8. The quantitative estimate of drug-likeness (QED) is 0.860. The molecule has 0 saturated carbocycles. The van der Waals surface area contributed by atoms with Crippen molar-refractivity contribution in [2.75, 3.05) is 12.0 Å². The normalized spacial score (nSPS) is 13.3. The van der Waals surface area contributed by atoms with Crippen LogP contribution in [0.25, 0.3) is 0 Å². The lowest BCUT2D eigenvalue weighted by Crippen LogP contribution is -2.33. The smallest absolute Gasteiger partial charge is 0.153 e. The second kappa shape index (κ2) is 6.45. The maximum atomic E-state index is 12.8. The summed E-state index contributed by atoms with van der Waals surface area (Å²) < 4.78 is 34.8. The van der Waals surface area contributed by atoms with E-state index >= 15 is 0 Å². The molecule has 0 aromatic heterocycles. The average Bonchev–Trinajstić information content (AvgIpc) is 2.28. The first-order valence-corrected chi connectivity index (χ1v) is 8.03. The first-order valence-electron chi connectivity index (χ1n) is 5.59. The Morgan fingerprint density at radius 3 is 2.63 bits per heavy atom. The molecule has 1 aromatic carbocycles. The largest absolute Gasteiger partial charge is 0.321 e. The maximum Gasteiger partial charge on any atom is 0.153 e. The van der Waals surface area contributed by atoms with Crippen LogP contribution in [0.15, 0.2) is 18.2 Å². The zero-order valence-corrected chi connectivity index (χ0v) is 12.0. The van der Waals surface area contributed by atoms with E-state index < -0.39 is 21.7 Å². The summed E-state index contributed by atoms with van der Waals surface area (Å²) in [6.07, 6.45) is 1.11. The van der Waals surface area contributed by atoms with E-state index in [1.807, 2.05) is 0 Å². The van der Waals surface area contributed by atoms with Crippen molar-refractivity contribution in [2.24, 2.45) is 5.73 Å². The molecule has 2 N–H and O–H groups in total. The Bertz CT molecular complexity index is 574. The SMILES string of the molecule is CS(=O)(=O)CCC(N)C(=O)Cc1ccc(F)cc1Cl. The molecule has 0 fully saturated rings. The van der Waals surface area contributed by atoms with Gasteiger partial charge in [-0.05, 0) is 24.1 Å². The molecule has 0 radical (unpaired) electrons. The lowest BCUT2D eigenvalue weighted by Gasteiger charge is -2.10. The fourth-order valence-corrected chi connectivity index (χ4v) is 2.40. The van der Waals surface area contributed by atoms with Crippen LogP contribution in [0, 0.1) is 5.82 Å². The number of nitrogens with two attached hydrogens (primary N) is 1. The standard InChI is InChI=1S/C12H15ClFNO3S/c1-19(17,18)5-4-11(15)12(16)6-8-2-3-9(14)7-10(8)13/h2-3,7,11H,4-6,15H2,1H3. The zero-order valence-electron chi connectivity index (χ0n) is 10.4. The average molecular weight is 308 g/mol. The summed E-state index contributed by atoms with van der Waals surface area (Å²) in [7, 11) is -3.15. The van der Waals surface area contributed by atoms with Crippen molar-refractivity contribution in [1.82, 2.24) is 0 Å². The minimum atomic E-state index is -3.15. The lowest BCUT2D eigenvalue weighted by atomic mass is 10.0. The van der Waals surface area contributed by atoms with Crippen LogP contribution in [0.5, 0.6) is 0 Å². The van der Waals surface area contributed by atoms with E-state index in [2.05, 4.69) is 0 Å². The van der Waals surface area contributed by atoms with Crippen molar-refractivity contribution in [3.63, 3.8) is 0 Å². The molecule has 0 spiro atoms. The summed E-state index contributed by atoms with van der Waals surface area (Å²) in [6.45, 7) is 0. The van der Waals surface area contributed by atoms with Gasteiger partial charge in [0.2, 0.25) is 0 Å². The molecule has 1 aromatic rings. The molecule has 0 aliphatic heterocycles. The number of carbonyl (C=O) groups is 1. The number of rotatable bonds is 6. The predicted octanol–water partition coefficient (Wildman–Crippen LogP) is 1.35. The summed E-state index contributed by atoms with van der Waals surface area (Å²) in [5, 5.41) is 0.156. The molecule has 1 atom stereocenters. The molecule has 106 valence electrons. The van der Waals surface area contributed by atoms with Gasteiger partial charge < -0.3 is 5.73 Å². The van der Waals surface area contributed by atoms with Crippen LogP contribution in [0.2, 0.25) is 5.02 Å². The van der Waals surface area contributed by atoms with Crippen molar-refractivity contribution in [1.29, 1.82) is 0 Å². The third kappa shape index (κ3) is 5.67. The Morgan fingerprint density at radius 2 is 2.11 bits per heavy atom. The topological polar surface area (TPSA) is 77.2 Å². The molecule has 1 rings (SSSR count). The third-order valence-corrected chi connectivity index (χ3v) is 3.92. The summed E-state index contributed by atoms with van der Waals surface area (Å²) in [6, 6.07) is 2.87. The molecular weight excluding hydrogens is 293 g/mol. The molecule has 0 aliphatic carbocycles. The molecule has 0 aliphatic rings. The van der Waals surface area contributed by atoms with E-state index in [1.54, 1.807) is 0 Å². The van der Waals surface area contributed by atoms with Crippen LogP contribution >= 0.6 is 11.6 Å². The lowest BCUT2D eigenvalue weighted by molar-refractivity contribution is -0.119. The first kappa shape index (κ1) is 16.1. The number of ketones is 1. The van der Waals surface area contributed by atoms with Gasteiger partial charge in [0.05, 0.1) is 11.8 Å². The molecular formula is C12H15ClFNO3S. The monoisotopic (exact) mass is 307 g/mol.